The van der Waals surface area contributed by atoms with Crippen molar-refractivity contribution in [3.05, 3.63) is 0 Å². The van der Waals surface area contributed by atoms with Crippen LogP contribution in [0.5, 0.6) is 0 Å². The van der Waals surface area contributed by atoms with Gasteiger partial charge in [-0.05, 0) is 23.8 Å². The fraction of sp³-hybridized carbons (Fsp3) is 0.818. The second-order valence-electron chi connectivity index (χ2n) is 4.98. The highest BCUT2D eigenvalue weighted by Crippen LogP contribution is 2.18. The Bertz CT molecular complexity index is 248. The standard InChI is InChI=1S/C11H21NO3S/c1-11(2,3)7-9(13)12-8(10(14)15)5-6-16-4/h8H,5-7H2,1-4H3,(H,12,13)(H,14,15)/t8-/m1/s1. The molecule has 94 valence electrons. The molecule has 0 aromatic heterocycles. The highest BCUT2D eigenvalue weighted by molar-refractivity contribution is 7.98. The molecule has 2 N–H and O–H groups in total. The summed E-state index contributed by atoms with van der Waals surface area (Å²) in [4.78, 5) is 22.4. The van der Waals surface area contributed by atoms with Crippen LogP contribution in [0.2, 0.25) is 0 Å². The van der Waals surface area contributed by atoms with Gasteiger partial charge in [0, 0.05) is 6.42 Å². The molecule has 0 aromatic rings. The maximum Gasteiger partial charge on any atom is 0.326 e. The van der Waals surface area contributed by atoms with Crippen molar-refractivity contribution < 1.29 is 14.7 Å². The number of carboxylic acid groups (broad SMARTS) is 1. The number of carboxylic acids is 1. The summed E-state index contributed by atoms with van der Waals surface area (Å²) in [5.41, 5.74) is -0.118. The van der Waals surface area contributed by atoms with E-state index in [0.717, 1.165) is 5.75 Å². The van der Waals surface area contributed by atoms with Crippen LogP contribution < -0.4 is 5.32 Å². The quantitative estimate of drug-likeness (QED) is 0.750. The van der Waals surface area contributed by atoms with E-state index in [1.54, 1.807) is 11.8 Å². The van der Waals surface area contributed by atoms with Crippen molar-refractivity contribution in [3.63, 3.8) is 0 Å². The molecule has 0 saturated carbocycles. The molecular formula is C11H21NO3S. The van der Waals surface area contributed by atoms with Gasteiger partial charge in [0.05, 0.1) is 0 Å². The topological polar surface area (TPSA) is 66.4 Å². The molecule has 16 heavy (non-hydrogen) atoms. The van der Waals surface area contributed by atoms with Crippen molar-refractivity contribution in [2.75, 3.05) is 12.0 Å². The molecule has 0 fully saturated rings. The normalized spacial score (nSPS) is 13.2. The van der Waals surface area contributed by atoms with Gasteiger partial charge in [-0.1, -0.05) is 20.8 Å². The van der Waals surface area contributed by atoms with Gasteiger partial charge in [0.25, 0.3) is 0 Å². The summed E-state index contributed by atoms with van der Waals surface area (Å²) >= 11 is 1.57. The zero-order valence-electron chi connectivity index (χ0n) is 10.4. The van der Waals surface area contributed by atoms with Gasteiger partial charge in [-0.2, -0.15) is 11.8 Å². The van der Waals surface area contributed by atoms with Gasteiger partial charge in [0.2, 0.25) is 5.91 Å². The number of aliphatic carboxylic acids is 1. The number of amides is 1. The van der Waals surface area contributed by atoms with Crippen LogP contribution in [0.15, 0.2) is 0 Å². The molecule has 0 radical (unpaired) electrons. The molecule has 0 bridgehead atoms. The molecule has 0 unspecified atom stereocenters. The maximum atomic E-state index is 11.6. The van der Waals surface area contributed by atoms with Crippen LogP contribution in [0, 0.1) is 5.41 Å². The monoisotopic (exact) mass is 247 g/mol. The van der Waals surface area contributed by atoms with Crippen molar-refractivity contribution in [1.29, 1.82) is 0 Å². The van der Waals surface area contributed by atoms with E-state index in [4.69, 9.17) is 5.11 Å². The van der Waals surface area contributed by atoms with E-state index in [2.05, 4.69) is 5.32 Å². The van der Waals surface area contributed by atoms with E-state index in [-0.39, 0.29) is 11.3 Å². The molecule has 1 atom stereocenters. The Morgan fingerprint density at radius 3 is 2.31 bits per heavy atom. The number of rotatable bonds is 6. The molecule has 5 heteroatoms. The van der Waals surface area contributed by atoms with Crippen molar-refractivity contribution in [1.82, 2.24) is 5.32 Å². The third kappa shape index (κ3) is 7.56. The second kappa shape index (κ2) is 6.78. The fourth-order valence-electron chi connectivity index (χ4n) is 1.22. The fourth-order valence-corrected chi connectivity index (χ4v) is 1.69. The lowest BCUT2D eigenvalue weighted by Crippen LogP contribution is -2.42. The third-order valence-corrected chi connectivity index (χ3v) is 2.58. The van der Waals surface area contributed by atoms with Gasteiger partial charge in [-0.25, -0.2) is 4.79 Å². The molecule has 0 rings (SSSR count). The summed E-state index contributed by atoms with van der Waals surface area (Å²) in [6, 6.07) is -0.762. The zero-order valence-corrected chi connectivity index (χ0v) is 11.2. The van der Waals surface area contributed by atoms with Crippen LogP contribution in [-0.2, 0) is 9.59 Å². The molecule has 0 spiro atoms. The lowest BCUT2D eigenvalue weighted by Gasteiger charge is -2.20. The minimum absolute atomic E-state index is 0.118. The highest BCUT2D eigenvalue weighted by Gasteiger charge is 2.22. The number of nitrogens with one attached hydrogen (secondary N) is 1. The summed E-state index contributed by atoms with van der Waals surface area (Å²) in [6.07, 6.45) is 2.72. The van der Waals surface area contributed by atoms with Gasteiger partial charge in [0.15, 0.2) is 0 Å². The van der Waals surface area contributed by atoms with Gasteiger partial charge < -0.3 is 10.4 Å². The van der Waals surface area contributed by atoms with Crippen LogP contribution >= 0.6 is 11.8 Å². The summed E-state index contributed by atoms with van der Waals surface area (Å²) in [7, 11) is 0. The summed E-state index contributed by atoms with van der Waals surface area (Å²) in [5, 5.41) is 11.5. The smallest absolute Gasteiger partial charge is 0.326 e. The van der Waals surface area contributed by atoms with E-state index in [1.807, 2.05) is 27.0 Å². The van der Waals surface area contributed by atoms with Crippen LogP contribution in [0.4, 0.5) is 0 Å². The predicted octanol–water partition coefficient (Wildman–Crippen LogP) is 1.75. The van der Waals surface area contributed by atoms with Crippen LogP contribution in [0.25, 0.3) is 0 Å². The van der Waals surface area contributed by atoms with Gasteiger partial charge in [-0.15, -0.1) is 0 Å². The molecule has 0 aliphatic carbocycles. The number of hydrogen-bond acceptors (Lipinski definition) is 3. The SMILES string of the molecule is CSCC[C@@H](NC(=O)CC(C)(C)C)C(=O)O. The Kier molecular flexibility index (Phi) is 6.48. The van der Waals surface area contributed by atoms with Gasteiger partial charge in [0.1, 0.15) is 6.04 Å². The second-order valence-corrected chi connectivity index (χ2v) is 5.96. The van der Waals surface area contributed by atoms with E-state index >= 15 is 0 Å². The predicted molar refractivity (Wildman–Crippen MR) is 66.6 cm³/mol. The first-order valence-corrected chi connectivity index (χ1v) is 6.67. The maximum absolute atomic E-state index is 11.6. The van der Waals surface area contributed by atoms with E-state index in [9.17, 15) is 9.59 Å². The Hall–Kier alpha value is -0.710. The van der Waals surface area contributed by atoms with Crippen molar-refractivity contribution in [2.45, 2.75) is 39.7 Å². The largest absolute Gasteiger partial charge is 0.480 e. The summed E-state index contributed by atoms with van der Waals surface area (Å²) in [5.74, 6) is -0.426. The Balaban J connectivity index is 4.19. The average Bonchev–Trinajstić information content (AvgIpc) is 2.08. The van der Waals surface area contributed by atoms with E-state index in [1.165, 1.54) is 0 Å². The molecule has 0 heterocycles. The van der Waals surface area contributed by atoms with Gasteiger partial charge in [-0.3, -0.25) is 4.79 Å². The van der Waals surface area contributed by atoms with Crippen molar-refractivity contribution >= 4 is 23.6 Å². The third-order valence-electron chi connectivity index (χ3n) is 1.93. The molecule has 0 saturated heterocycles. The average molecular weight is 247 g/mol. The van der Waals surface area contributed by atoms with Crippen LogP contribution in [0.1, 0.15) is 33.6 Å². The first kappa shape index (κ1) is 15.3. The van der Waals surface area contributed by atoms with E-state index in [0.29, 0.717) is 12.8 Å². The first-order chi connectivity index (χ1) is 7.26. The summed E-state index contributed by atoms with van der Waals surface area (Å²) in [6.45, 7) is 5.85. The molecule has 4 nitrogen and oxygen atoms in total. The van der Waals surface area contributed by atoms with E-state index < -0.39 is 12.0 Å². The zero-order chi connectivity index (χ0) is 12.8. The molecule has 0 aliphatic rings. The minimum atomic E-state index is -0.962. The number of hydrogen-bond donors (Lipinski definition) is 2. The minimum Gasteiger partial charge on any atom is -0.480 e. The lowest BCUT2D eigenvalue weighted by molar-refractivity contribution is -0.142. The molecule has 0 aliphatic heterocycles. The van der Waals surface area contributed by atoms with Crippen LogP contribution in [0.3, 0.4) is 0 Å². The number of carbonyl (C=O) groups excluding carboxylic acids is 1. The summed E-state index contributed by atoms with van der Waals surface area (Å²) < 4.78 is 0. The lowest BCUT2D eigenvalue weighted by atomic mass is 9.92. The molecule has 1 amide bonds. The van der Waals surface area contributed by atoms with Crippen LogP contribution in [-0.4, -0.2) is 35.0 Å². The molecule has 0 aromatic carbocycles. The number of thioether (sulfide) groups is 1. The molecular weight excluding hydrogens is 226 g/mol. The Labute approximate surface area is 101 Å². The Morgan fingerprint density at radius 1 is 1.38 bits per heavy atom. The van der Waals surface area contributed by atoms with Gasteiger partial charge >= 0.3 is 5.97 Å². The first-order valence-electron chi connectivity index (χ1n) is 5.27. The van der Waals surface area contributed by atoms with Crippen molar-refractivity contribution in [2.24, 2.45) is 5.41 Å². The Morgan fingerprint density at radius 2 is 1.94 bits per heavy atom. The highest BCUT2D eigenvalue weighted by atomic mass is 32.2. The van der Waals surface area contributed by atoms with Crippen molar-refractivity contribution in [3.8, 4) is 0 Å². The number of carbonyl (C=O) groups is 2.